The number of rotatable bonds is 5. The van der Waals surface area contributed by atoms with Crippen molar-refractivity contribution in [3.63, 3.8) is 0 Å². The lowest BCUT2D eigenvalue weighted by Gasteiger charge is -2.24. The highest BCUT2D eigenvalue weighted by Gasteiger charge is 2.34. The van der Waals surface area contributed by atoms with Crippen LogP contribution in [0.15, 0.2) is 91.1 Å². The molecule has 150 valence electrons. The van der Waals surface area contributed by atoms with Gasteiger partial charge in [0.2, 0.25) is 0 Å². The highest BCUT2D eigenvalue weighted by molar-refractivity contribution is 5.57. The number of benzene rings is 3. The molecule has 0 spiro atoms. The number of nitrogens with zero attached hydrogens (tertiary/aromatic N) is 4. The van der Waals surface area contributed by atoms with Gasteiger partial charge in [-0.05, 0) is 24.5 Å². The van der Waals surface area contributed by atoms with Gasteiger partial charge >= 0.3 is 0 Å². The van der Waals surface area contributed by atoms with Gasteiger partial charge in [-0.15, -0.1) is 5.10 Å². The minimum absolute atomic E-state index is 0.311. The van der Waals surface area contributed by atoms with E-state index in [-0.39, 0.29) is 0 Å². The molecule has 0 N–H and O–H groups in total. The molecule has 0 unspecified atom stereocenters. The molecule has 1 aromatic heterocycles. The quantitative estimate of drug-likeness (QED) is 0.452. The third-order valence-electron chi connectivity index (χ3n) is 6.03. The number of aromatic nitrogens is 3. The predicted molar refractivity (Wildman–Crippen MR) is 120 cm³/mol. The van der Waals surface area contributed by atoms with Crippen molar-refractivity contribution in [2.24, 2.45) is 0 Å². The molecule has 4 heteroatoms. The van der Waals surface area contributed by atoms with Gasteiger partial charge in [0.15, 0.2) is 0 Å². The number of aryl methyl sites for hydroxylation is 1. The van der Waals surface area contributed by atoms with Crippen molar-refractivity contribution >= 4 is 0 Å². The topological polar surface area (TPSA) is 34.0 Å². The monoisotopic (exact) mass is 394 g/mol. The first kappa shape index (κ1) is 18.8. The molecule has 30 heavy (non-hydrogen) atoms. The van der Waals surface area contributed by atoms with Crippen molar-refractivity contribution < 1.29 is 0 Å². The SMILES string of the molecule is Cc1ccc(CN2C[C@@H](n3cc(-c4ccccc4)nn3)C[C@@H]2c2ccccc2)cc1. The molecule has 0 aliphatic carbocycles. The van der Waals surface area contributed by atoms with Crippen molar-refractivity contribution in [1.29, 1.82) is 0 Å². The van der Waals surface area contributed by atoms with Gasteiger partial charge in [0.25, 0.3) is 0 Å². The van der Waals surface area contributed by atoms with Crippen LogP contribution in [0.1, 0.15) is 35.2 Å². The first-order valence-corrected chi connectivity index (χ1v) is 10.6. The fourth-order valence-corrected chi connectivity index (χ4v) is 4.39. The van der Waals surface area contributed by atoms with E-state index in [2.05, 4.69) is 99.7 Å². The molecule has 3 aromatic carbocycles. The first-order chi connectivity index (χ1) is 14.8. The van der Waals surface area contributed by atoms with Crippen LogP contribution in [0, 0.1) is 6.92 Å². The van der Waals surface area contributed by atoms with E-state index in [0.29, 0.717) is 12.1 Å². The second-order valence-corrected chi connectivity index (χ2v) is 8.18. The highest BCUT2D eigenvalue weighted by Crippen LogP contribution is 2.38. The van der Waals surface area contributed by atoms with Gasteiger partial charge in [0.05, 0.1) is 12.2 Å². The zero-order valence-electron chi connectivity index (χ0n) is 17.2. The molecule has 5 rings (SSSR count). The second-order valence-electron chi connectivity index (χ2n) is 8.18. The minimum atomic E-state index is 0.311. The van der Waals surface area contributed by atoms with E-state index >= 15 is 0 Å². The molecule has 0 bridgehead atoms. The zero-order chi connectivity index (χ0) is 20.3. The average molecular weight is 395 g/mol. The van der Waals surface area contributed by atoms with Gasteiger partial charge in [-0.25, -0.2) is 4.68 Å². The van der Waals surface area contributed by atoms with Crippen molar-refractivity contribution in [2.45, 2.75) is 32.0 Å². The fraction of sp³-hybridized carbons (Fsp3) is 0.231. The lowest BCUT2D eigenvalue weighted by Crippen LogP contribution is -2.24. The molecular weight excluding hydrogens is 368 g/mol. The Morgan fingerprint density at radius 2 is 1.57 bits per heavy atom. The third kappa shape index (κ3) is 3.91. The molecule has 0 amide bonds. The summed E-state index contributed by atoms with van der Waals surface area (Å²) in [6.45, 7) is 4.04. The summed E-state index contributed by atoms with van der Waals surface area (Å²) in [6, 6.07) is 30.7. The Hall–Kier alpha value is -3.24. The maximum atomic E-state index is 4.50. The van der Waals surface area contributed by atoms with E-state index < -0.39 is 0 Å². The Kier molecular flexibility index (Phi) is 5.16. The standard InChI is InChI=1S/C26H26N4/c1-20-12-14-21(15-13-20)17-29-18-24(16-26(29)23-10-6-3-7-11-23)30-19-25(27-28-30)22-8-4-2-5-9-22/h2-15,19,24,26H,16-18H2,1H3/t24-,26+/m0/s1. The Morgan fingerprint density at radius 1 is 0.867 bits per heavy atom. The maximum absolute atomic E-state index is 4.50. The van der Waals surface area contributed by atoms with Crippen LogP contribution in [0.5, 0.6) is 0 Å². The van der Waals surface area contributed by atoms with E-state index in [9.17, 15) is 0 Å². The zero-order valence-corrected chi connectivity index (χ0v) is 17.2. The van der Waals surface area contributed by atoms with Gasteiger partial charge in [0.1, 0.15) is 5.69 Å². The molecule has 1 aliphatic rings. The third-order valence-corrected chi connectivity index (χ3v) is 6.03. The summed E-state index contributed by atoms with van der Waals surface area (Å²) >= 11 is 0. The summed E-state index contributed by atoms with van der Waals surface area (Å²) in [5.74, 6) is 0. The van der Waals surface area contributed by atoms with Gasteiger partial charge in [0, 0.05) is 24.7 Å². The van der Waals surface area contributed by atoms with Crippen LogP contribution in [0.3, 0.4) is 0 Å². The van der Waals surface area contributed by atoms with Crippen LogP contribution in [-0.4, -0.2) is 26.4 Å². The van der Waals surface area contributed by atoms with E-state index in [1.807, 2.05) is 18.2 Å². The van der Waals surface area contributed by atoms with Crippen molar-refractivity contribution in [1.82, 2.24) is 19.9 Å². The fourth-order valence-electron chi connectivity index (χ4n) is 4.39. The van der Waals surface area contributed by atoms with E-state index in [1.54, 1.807) is 0 Å². The highest BCUT2D eigenvalue weighted by atomic mass is 15.4. The molecule has 0 saturated carbocycles. The van der Waals surface area contributed by atoms with Crippen LogP contribution < -0.4 is 0 Å². The summed E-state index contributed by atoms with van der Waals surface area (Å²) < 4.78 is 2.06. The van der Waals surface area contributed by atoms with Gasteiger partial charge in [-0.2, -0.15) is 0 Å². The summed E-state index contributed by atoms with van der Waals surface area (Å²) in [7, 11) is 0. The lowest BCUT2D eigenvalue weighted by atomic mass is 10.0. The molecule has 4 aromatic rings. The second kappa shape index (κ2) is 8.25. The van der Waals surface area contributed by atoms with E-state index in [0.717, 1.165) is 30.8 Å². The first-order valence-electron chi connectivity index (χ1n) is 10.6. The molecule has 0 radical (unpaired) electrons. The molecule has 1 aliphatic heterocycles. The van der Waals surface area contributed by atoms with E-state index in [1.165, 1.54) is 16.7 Å². The molecule has 1 fully saturated rings. The Bertz CT molecular complexity index is 1090. The maximum Gasteiger partial charge on any atom is 0.113 e. The molecule has 2 heterocycles. The number of hydrogen-bond acceptors (Lipinski definition) is 3. The summed E-state index contributed by atoms with van der Waals surface area (Å²) in [5, 5.41) is 8.94. The van der Waals surface area contributed by atoms with Crippen LogP contribution in [0.2, 0.25) is 0 Å². The molecule has 2 atom stereocenters. The summed E-state index contributed by atoms with van der Waals surface area (Å²) in [6.07, 6.45) is 3.13. The molecule has 4 nitrogen and oxygen atoms in total. The average Bonchev–Trinajstić information content (AvgIpc) is 3.44. The van der Waals surface area contributed by atoms with Crippen molar-refractivity contribution in [2.75, 3.05) is 6.54 Å². The molecule has 1 saturated heterocycles. The summed E-state index contributed by atoms with van der Waals surface area (Å²) in [5.41, 5.74) is 6.07. The Balaban J connectivity index is 1.41. The van der Waals surface area contributed by atoms with Crippen LogP contribution >= 0.6 is 0 Å². The van der Waals surface area contributed by atoms with Gasteiger partial charge in [-0.3, -0.25) is 4.90 Å². The normalized spacial score (nSPS) is 19.2. The Morgan fingerprint density at radius 3 is 2.30 bits per heavy atom. The lowest BCUT2D eigenvalue weighted by molar-refractivity contribution is 0.243. The van der Waals surface area contributed by atoms with Crippen LogP contribution in [0.4, 0.5) is 0 Å². The largest absolute Gasteiger partial charge is 0.290 e. The molecular formula is C26H26N4. The van der Waals surface area contributed by atoms with Crippen molar-refractivity contribution in [3.05, 3.63) is 108 Å². The van der Waals surface area contributed by atoms with Gasteiger partial charge in [-0.1, -0.05) is 95.7 Å². The number of likely N-dealkylation sites (tertiary alicyclic amines) is 1. The van der Waals surface area contributed by atoms with Crippen molar-refractivity contribution in [3.8, 4) is 11.3 Å². The van der Waals surface area contributed by atoms with Crippen LogP contribution in [-0.2, 0) is 6.54 Å². The predicted octanol–water partition coefficient (Wildman–Crippen LogP) is 5.44. The smallest absolute Gasteiger partial charge is 0.113 e. The van der Waals surface area contributed by atoms with E-state index in [4.69, 9.17) is 0 Å². The minimum Gasteiger partial charge on any atom is -0.290 e. The van der Waals surface area contributed by atoms with Crippen LogP contribution in [0.25, 0.3) is 11.3 Å². The van der Waals surface area contributed by atoms with Gasteiger partial charge < -0.3 is 0 Å². The number of hydrogen-bond donors (Lipinski definition) is 0. The Labute approximate surface area is 177 Å². The summed E-state index contributed by atoms with van der Waals surface area (Å²) in [4.78, 5) is 2.58.